The summed E-state index contributed by atoms with van der Waals surface area (Å²) in [6.45, 7) is 2.50. The van der Waals surface area contributed by atoms with Crippen LogP contribution in [0.3, 0.4) is 0 Å². The van der Waals surface area contributed by atoms with Crippen molar-refractivity contribution in [3.05, 3.63) is 29.3 Å². The van der Waals surface area contributed by atoms with Gasteiger partial charge >= 0.3 is 68.9 Å². The number of carboxylic acids is 1. The predicted molar refractivity (Wildman–Crippen MR) is 91.1 cm³/mol. The molecule has 1 N–H and O–H groups in total. The summed E-state index contributed by atoms with van der Waals surface area (Å²) in [4.78, 5) is 12.2. The fourth-order valence-electron chi connectivity index (χ4n) is 2.77. The van der Waals surface area contributed by atoms with Gasteiger partial charge in [0.15, 0.2) is 0 Å². The van der Waals surface area contributed by atoms with Gasteiger partial charge in [0, 0.05) is 18.7 Å². The molecule has 0 amide bonds. The minimum Gasteiger partial charge on any atom is -0.549 e. The Bertz CT molecular complexity index is 480. The van der Waals surface area contributed by atoms with Crippen LogP contribution < -0.4 is 74.0 Å². The number of unbranched alkanes of at least 4 members (excludes halogenated alkanes) is 6. The summed E-state index contributed by atoms with van der Waals surface area (Å²) in [6.07, 6.45) is 9.97. The molecule has 1 aromatic rings. The van der Waals surface area contributed by atoms with Gasteiger partial charge in [0.05, 0.1) is 5.97 Å². The Kier molecular flexibility index (Phi) is 15.0. The van der Waals surface area contributed by atoms with Crippen LogP contribution in [-0.4, -0.2) is 29.6 Å². The number of benzene rings is 1. The molecule has 0 unspecified atom stereocenters. The molecule has 0 saturated carbocycles. The molecule has 1 rings (SSSR count). The zero-order valence-electron chi connectivity index (χ0n) is 15.5. The number of hydrogen-bond acceptors (Lipinski definition) is 4. The van der Waals surface area contributed by atoms with E-state index in [0.29, 0.717) is 6.54 Å². The van der Waals surface area contributed by atoms with Gasteiger partial charge < -0.3 is 15.0 Å². The van der Waals surface area contributed by atoms with Crippen LogP contribution in [-0.2, 0) is 17.8 Å². The van der Waals surface area contributed by atoms with E-state index >= 15 is 0 Å². The minimum atomic E-state index is -1.11. The molecule has 0 aliphatic heterocycles. The predicted octanol–water partition coefficient (Wildman–Crippen LogP) is -0.129. The van der Waals surface area contributed by atoms with E-state index in [0.717, 1.165) is 18.4 Å². The molecule has 24 heavy (non-hydrogen) atoms. The van der Waals surface area contributed by atoms with Crippen molar-refractivity contribution in [3.63, 3.8) is 0 Å². The first-order chi connectivity index (χ1) is 11.0. The average molecular weight is 453 g/mol. The Morgan fingerprint density at radius 1 is 1.12 bits per heavy atom. The summed E-state index contributed by atoms with van der Waals surface area (Å²) >= 11 is 0. The first-order valence-corrected chi connectivity index (χ1v) is 8.72. The number of aryl methyl sites for hydroxylation is 1. The number of phenols is 1. The second-order valence-corrected chi connectivity index (χ2v) is 6.38. The molecule has 0 aromatic heterocycles. The largest absolute Gasteiger partial charge is 1.00 e. The van der Waals surface area contributed by atoms with Crippen molar-refractivity contribution in [2.75, 3.05) is 13.6 Å². The maximum Gasteiger partial charge on any atom is 1.00 e. The average Bonchev–Trinajstić information content (AvgIpc) is 2.48. The topological polar surface area (TPSA) is 63.6 Å². The maximum absolute atomic E-state index is 10.6. The normalized spacial score (nSPS) is 10.6. The number of aliphatic carboxylic acids is 1. The fraction of sp³-hybridized carbons (Fsp3) is 0.632. The molecule has 1 aromatic carbocycles. The Labute approximate surface area is 205 Å². The molecule has 4 nitrogen and oxygen atoms in total. The van der Waals surface area contributed by atoms with E-state index in [1.54, 1.807) is 18.0 Å². The Balaban J connectivity index is 0.00000529. The van der Waals surface area contributed by atoms with Gasteiger partial charge in [0.2, 0.25) is 0 Å². The van der Waals surface area contributed by atoms with Crippen LogP contribution in [0.4, 0.5) is 0 Å². The van der Waals surface area contributed by atoms with Crippen molar-refractivity contribution >= 4 is 5.97 Å². The Hall–Kier alpha value is 0.502. The van der Waals surface area contributed by atoms with Gasteiger partial charge in [0.1, 0.15) is 5.75 Å². The molecule has 0 bridgehead atoms. The molecule has 0 heterocycles. The van der Waals surface area contributed by atoms with E-state index in [4.69, 9.17) is 0 Å². The molecule has 0 radical (unpaired) electrons. The second kappa shape index (κ2) is 14.6. The van der Waals surface area contributed by atoms with Gasteiger partial charge in [-0.25, -0.2) is 0 Å². The smallest absolute Gasteiger partial charge is 0.549 e. The number of likely N-dealkylation sites (N-methyl/N-ethyl adjacent to an activating group) is 1. The van der Waals surface area contributed by atoms with Crippen LogP contribution in [0.1, 0.15) is 63.0 Å². The molecule has 130 valence electrons. The summed E-state index contributed by atoms with van der Waals surface area (Å²) in [5.41, 5.74) is 1.97. The molecule has 0 aliphatic carbocycles. The summed E-state index contributed by atoms with van der Waals surface area (Å²) in [6, 6.07) is 5.64. The molecule has 0 aliphatic rings. The van der Waals surface area contributed by atoms with Crippen molar-refractivity contribution < 1.29 is 83.9 Å². The van der Waals surface area contributed by atoms with E-state index < -0.39 is 5.97 Å². The van der Waals surface area contributed by atoms with Crippen LogP contribution in [0.25, 0.3) is 0 Å². The molecule has 0 saturated heterocycles. The number of nitrogens with zero attached hydrogens (tertiary/aromatic N) is 1. The zero-order valence-corrected chi connectivity index (χ0v) is 21.8. The van der Waals surface area contributed by atoms with Gasteiger partial charge in [-0.05, 0) is 31.5 Å². The van der Waals surface area contributed by atoms with Crippen molar-refractivity contribution in [2.24, 2.45) is 0 Å². The first kappa shape index (κ1) is 24.5. The van der Waals surface area contributed by atoms with Crippen LogP contribution in [0.5, 0.6) is 5.75 Å². The van der Waals surface area contributed by atoms with Gasteiger partial charge in [-0.1, -0.05) is 57.6 Å². The Morgan fingerprint density at radius 2 is 1.75 bits per heavy atom. The number of phenolic OH excluding ortho intramolecular Hbond substituents is 1. The van der Waals surface area contributed by atoms with Crippen molar-refractivity contribution in [3.8, 4) is 5.75 Å². The van der Waals surface area contributed by atoms with Crippen LogP contribution in [0, 0.1) is 0 Å². The van der Waals surface area contributed by atoms with Crippen molar-refractivity contribution in [1.82, 2.24) is 4.90 Å². The number of carbonyl (C=O) groups is 1. The number of hydrogen-bond donors (Lipinski definition) is 1. The van der Waals surface area contributed by atoms with Crippen LogP contribution in [0.2, 0.25) is 0 Å². The molecule has 0 atom stereocenters. The van der Waals surface area contributed by atoms with E-state index in [2.05, 4.69) is 6.92 Å². The summed E-state index contributed by atoms with van der Waals surface area (Å²) < 4.78 is 0. The van der Waals surface area contributed by atoms with Crippen LogP contribution >= 0.6 is 0 Å². The number of rotatable bonds is 12. The third-order valence-electron chi connectivity index (χ3n) is 4.05. The molecule has 0 spiro atoms. The third kappa shape index (κ3) is 11.2. The zero-order chi connectivity index (χ0) is 17.1. The van der Waals surface area contributed by atoms with Crippen molar-refractivity contribution in [2.45, 2.75) is 64.8 Å². The van der Waals surface area contributed by atoms with Gasteiger partial charge in [-0.15, -0.1) is 0 Å². The molecule has 0 fully saturated rings. The van der Waals surface area contributed by atoms with E-state index in [9.17, 15) is 15.0 Å². The molecular weight excluding hydrogens is 423 g/mol. The molecular formula is C19H30CsNO3. The summed E-state index contributed by atoms with van der Waals surface area (Å²) in [5, 5.41) is 20.5. The number of aromatic hydroxyl groups is 1. The number of carboxylic acid groups (broad SMARTS) is 1. The van der Waals surface area contributed by atoms with Gasteiger partial charge in [0.25, 0.3) is 0 Å². The second-order valence-electron chi connectivity index (χ2n) is 6.38. The molecule has 5 heteroatoms. The van der Waals surface area contributed by atoms with Gasteiger partial charge in [-0.2, -0.15) is 0 Å². The number of carbonyl (C=O) groups excluding carboxylic acids is 1. The first-order valence-electron chi connectivity index (χ1n) is 8.72. The van der Waals surface area contributed by atoms with Gasteiger partial charge in [-0.3, -0.25) is 4.90 Å². The minimum absolute atomic E-state index is 0. The summed E-state index contributed by atoms with van der Waals surface area (Å²) in [5.74, 6) is -0.885. The quantitative estimate of drug-likeness (QED) is 0.448. The third-order valence-corrected chi connectivity index (χ3v) is 4.05. The van der Waals surface area contributed by atoms with E-state index in [-0.39, 0.29) is 81.2 Å². The van der Waals surface area contributed by atoms with Crippen LogP contribution in [0.15, 0.2) is 18.2 Å². The fourth-order valence-corrected chi connectivity index (χ4v) is 2.77. The standard InChI is InChI=1S/C19H31NO3.Cs/c1-3-4-5-6-7-8-9-10-16-11-12-18(21)17(13-16)14-20(2)15-19(22)23;/h11-13,21H,3-10,14-15H2,1-2H3,(H,22,23);/q;+1/p-1. The maximum atomic E-state index is 10.6. The SMILES string of the molecule is CCCCCCCCCc1ccc(O)c(CN(C)CC(=O)[O-])c1.[Cs+]. The summed E-state index contributed by atoms with van der Waals surface area (Å²) in [7, 11) is 1.71. The van der Waals surface area contributed by atoms with E-state index in [1.165, 1.54) is 44.1 Å². The van der Waals surface area contributed by atoms with E-state index in [1.807, 2.05) is 12.1 Å². The monoisotopic (exact) mass is 453 g/mol. The van der Waals surface area contributed by atoms with Crippen molar-refractivity contribution in [1.29, 1.82) is 0 Å². The Morgan fingerprint density at radius 3 is 2.38 bits per heavy atom.